The summed E-state index contributed by atoms with van der Waals surface area (Å²) in [5, 5.41) is 12.6. The number of rotatable bonds is 9. The molecule has 0 unspecified atom stereocenters. The predicted molar refractivity (Wildman–Crippen MR) is 127 cm³/mol. The molecule has 0 aliphatic rings. The van der Waals surface area contributed by atoms with E-state index in [2.05, 4.69) is 5.32 Å². The summed E-state index contributed by atoms with van der Waals surface area (Å²) in [5.41, 5.74) is 1.37. The normalized spacial score (nSPS) is 10.7. The monoisotopic (exact) mass is 476 g/mol. The molecule has 0 heterocycles. The van der Waals surface area contributed by atoms with E-state index in [0.717, 1.165) is 5.56 Å². The van der Waals surface area contributed by atoms with Gasteiger partial charge >= 0.3 is 5.97 Å². The summed E-state index contributed by atoms with van der Waals surface area (Å²) < 4.78 is 16.0. The zero-order valence-corrected chi connectivity index (χ0v) is 19.0. The lowest BCUT2D eigenvalue weighted by atomic mass is 10.1. The fraction of sp³-hybridized carbons (Fsp3) is 0.115. The Morgan fingerprint density at radius 2 is 1.82 bits per heavy atom. The number of hydrogen-bond acceptors (Lipinski definition) is 6. The van der Waals surface area contributed by atoms with Crippen LogP contribution in [0.25, 0.3) is 6.08 Å². The molecule has 1 amide bonds. The third-order valence-corrected chi connectivity index (χ3v) is 4.77. The number of nitrogens with one attached hydrogen (secondary N) is 1. The maximum absolute atomic E-state index is 12.4. The van der Waals surface area contributed by atoms with E-state index in [-0.39, 0.29) is 23.7 Å². The first-order chi connectivity index (χ1) is 16.5. The lowest BCUT2D eigenvalue weighted by molar-refractivity contribution is -0.136. The van der Waals surface area contributed by atoms with Crippen LogP contribution in [0.3, 0.4) is 0 Å². The number of benzene rings is 3. The van der Waals surface area contributed by atoms with Crippen LogP contribution < -0.4 is 19.5 Å². The fourth-order valence-electron chi connectivity index (χ4n) is 2.90. The first kappa shape index (κ1) is 24.4. The predicted octanol–water partition coefficient (Wildman–Crippen LogP) is 4.56. The SMILES string of the molecule is COc1cc(/C=C(\C#N)C(=O)NCc2ccccc2)ccc1OC(=O)COc1cccc(Cl)c1. The molecule has 0 spiro atoms. The fourth-order valence-corrected chi connectivity index (χ4v) is 3.08. The van der Waals surface area contributed by atoms with E-state index in [4.69, 9.17) is 25.8 Å². The van der Waals surface area contributed by atoms with Crippen LogP contribution in [0.5, 0.6) is 17.2 Å². The third-order valence-electron chi connectivity index (χ3n) is 4.54. The Morgan fingerprint density at radius 3 is 2.53 bits per heavy atom. The zero-order valence-electron chi connectivity index (χ0n) is 18.3. The number of nitriles is 1. The third kappa shape index (κ3) is 7.12. The lowest BCUT2D eigenvalue weighted by Crippen LogP contribution is -2.23. The molecule has 0 saturated heterocycles. The molecular weight excluding hydrogens is 456 g/mol. The number of hydrogen-bond donors (Lipinski definition) is 1. The molecule has 0 bridgehead atoms. The van der Waals surface area contributed by atoms with Crippen molar-refractivity contribution in [1.29, 1.82) is 5.26 Å². The number of nitrogens with zero attached hydrogens (tertiary/aromatic N) is 1. The molecule has 0 atom stereocenters. The lowest BCUT2D eigenvalue weighted by Gasteiger charge is -2.11. The second kappa shape index (κ2) is 12.1. The largest absolute Gasteiger partial charge is 0.493 e. The van der Waals surface area contributed by atoms with Crippen molar-refractivity contribution in [1.82, 2.24) is 5.32 Å². The molecular formula is C26H21ClN2O5. The molecule has 3 aromatic carbocycles. The number of halogens is 1. The second-order valence-corrected chi connectivity index (χ2v) is 7.40. The molecule has 0 saturated carbocycles. The van der Waals surface area contributed by atoms with Gasteiger partial charge in [0.25, 0.3) is 5.91 Å². The van der Waals surface area contributed by atoms with Gasteiger partial charge in [-0.2, -0.15) is 5.26 Å². The topological polar surface area (TPSA) is 97.6 Å². The van der Waals surface area contributed by atoms with Crippen LogP contribution >= 0.6 is 11.6 Å². The zero-order chi connectivity index (χ0) is 24.3. The molecule has 0 radical (unpaired) electrons. The Hall–Kier alpha value is -4.28. The minimum Gasteiger partial charge on any atom is -0.493 e. The molecule has 0 aliphatic heterocycles. The Balaban J connectivity index is 1.64. The van der Waals surface area contributed by atoms with Gasteiger partial charge in [0, 0.05) is 11.6 Å². The maximum atomic E-state index is 12.4. The number of carbonyl (C=O) groups is 2. The summed E-state index contributed by atoms with van der Waals surface area (Å²) in [5.74, 6) is -0.275. The summed E-state index contributed by atoms with van der Waals surface area (Å²) >= 11 is 5.89. The van der Waals surface area contributed by atoms with Gasteiger partial charge < -0.3 is 19.5 Å². The highest BCUT2D eigenvalue weighted by Gasteiger charge is 2.13. The summed E-state index contributed by atoms with van der Waals surface area (Å²) in [7, 11) is 1.42. The molecule has 1 N–H and O–H groups in total. The Kier molecular flexibility index (Phi) is 8.67. The van der Waals surface area contributed by atoms with Crippen molar-refractivity contribution in [3.63, 3.8) is 0 Å². The highest BCUT2D eigenvalue weighted by atomic mass is 35.5. The van der Waals surface area contributed by atoms with Crippen LogP contribution in [0.4, 0.5) is 0 Å². The number of esters is 1. The van der Waals surface area contributed by atoms with E-state index in [1.807, 2.05) is 36.4 Å². The summed E-state index contributed by atoms with van der Waals surface area (Å²) in [6, 6.07) is 22.6. The minimum absolute atomic E-state index is 0.0716. The van der Waals surface area contributed by atoms with Crippen molar-refractivity contribution in [2.24, 2.45) is 0 Å². The average Bonchev–Trinajstić information content (AvgIpc) is 2.86. The van der Waals surface area contributed by atoms with Crippen molar-refractivity contribution >= 4 is 29.6 Å². The molecule has 0 fully saturated rings. The van der Waals surface area contributed by atoms with Gasteiger partial charge in [-0.15, -0.1) is 0 Å². The van der Waals surface area contributed by atoms with E-state index in [1.54, 1.807) is 36.4 Å². The number of methoxy groups -OCH3 is 1. The van der Waals surface area contributed by atoms with E-state index in [1.165, 1.54) is 19.3 Å². The molecule has 0 aliphatic carbocycles. The summed E-state index contributed by atoms with van der Waals surface area (Å²) in [6.07, 6.45) is 1.43. The van der Waals surface area contributed by atoms with Crippen LogP contribution in [0.2, 0.25) is 5.02 Å². The Bertz CT molecular complexity index is 1240. The molecule has 3 rings (SSSR count). The highest BCUT2D eigenvalue weighted by Crippen LogP contribution is 2.29. The Labute approximate surface area is 202 Å². The van der Waals surface area contributed by atoms with Crippen molar-refractivity contribution in [2.45, 2.75) is 6.54 Å². The first-order valence-electron chi connectivity index (χ1n) is 10.2. The summed E-state index contributed by atoms with van der Waals surface area (Å²) in [6.45, 7) is -0.0283. The van der Waals surface area contributed by atoms with Gasteiger partial charge in [-0.1, -0.05) is 54.1 Å². The smallest absolute Gasteiger partial charge is 0.349 e. The van der Waals surface area contributed by atoms with Gasteiger partial charge in [0.2, 0.25) is 0 Å². The number of carbonyl (C=O) groups excluding carboxylic acids is 2. The van der Waals surface area contributed by atoms with Crippen molar-refractivity contribution in [3.8, 4) is 23.3 Å². The number of ether oxygens (including phenoxy) is 3. The summed E-state index contributed by atoms with van der Waals surface area (Å²) in [4.78, 5) is 24.6. The van der Waals surface area contributed by atoms with Crippen LogP contribution in [-0.4, -0.2) is 25.6 Å². The quantitative estimate of drug-likeness (QED) is 0.210. The van der Waals surface area contributed by atoms with Crippen molar-refractivity contribution < 1.29 is 23.8 Å². The standard InChI is InChI=1S/C26H21ClN2O5/c1-32-24-13-19(12-20(15-28)26(31)29-16-18-6-3-2-4-7-18)10-11-23(24)34-25(30)17-33-22-9-5-8-21(27)14-22/h2-14H,16-17H2,1H3,(H,29,31)/b20-12+. The second-order valence-electron chi connectivity index (χ2n) is 6.97. The number of amides is 1. The van der Waals surface area contributed by atoms with Crippen LogP contribution in [0.1, 0.15) is 11.1 Å². The van der Waals surface area contributed by atoms with Crippen LogP contribution in [-0.2, 0) is 16.1 Å². The highest BCUT2D eigenvalue weighted by molar-refractivity contribution is 6.30. The molecule has 3 aromatic rings. The Morgan fingerprint density at radius 1 is 1.03 bits per heavy atom. The van der Waals surface area contributed by atoms with E-state index in [0.29, 0.717) is 22.9 Å². The molecule has 34 heavy (non-hydrogen) atoms. The average molecular weight is 477 g/mol. The van der Waals surface area contributed by atoms with Gasteiger partial charge in [0.1, 0.15) is 17.4 Å². The molecule has 0 aromatic heterocycles. The van der Waals surface area contributed by atoms with Gasteiger partial charge in [-0.05, 0) is 47.5 Å². The molecule has 172 valence electrons. The van der Waals surface area contributed by atoms with Gasteiger partial charge in [-0.3, -0.25) is 4.79 Å². The van der Waals surface area contributed by atoms with Gasteiger partial charge in [0.05, 0.1) is 7.11 Å². The first-order valence-corrected chi connectivity index (χ1v) is 10.6. The van der Waals surface area contributed by atoms with Crippen LogP contribution in [0, 0.1) is 11.3 Å². The van der Waals surface area contributed by atoms with Crippen molar-refractivity contribution in [3.05, 3.63) is 94.5 Å². The van der Waals surface area contributed by atoms with Gasteiger partial charge in [-0.25, -0.2) is 4.79 Å². The molecule has 8 heteroatoms. The van der Waals surface area contributed by atoms with Gasteiger partial charge in [0.15, 0.2) is 18.1 Å². The molecule has 7 nitrogen and oxygen atoms in total. The van der Waals surface area contributed by atoms with E-state index >= 15 is 0 Å². The minimum atomic E-state index is -0.639. The van der Waals surface area contributed by atoms with E-state index in [9.17, 15) is 14.9 Å². The van der Waals surface area contributed by atoms with Crippen molar-refractivity contribution in [2.75, 3.05) is 13.7 Å². The maximum Gasteiger partial charge on any atom is 0.349 e. The van der Waals surface area contributed by atoms with E-state index < -0.39 is 11.9 Å². The van der Waals surface area contributed by atoms with Crippen LogP contribution in [0.15, 0.2) is 78.4 Å².